The van der Waals surface area contributed by atoms with Crippen LogP contribution >= 0.6 is 11.3 Å². The summed E-state index contributed by atoms with van der Waals surface area (Å²) in [6.45, 7) is 5.17. The van der Waals surface area contributed by atoms with Gasteiger partial charge in [0.1, 0.15) is 0 Å². The molecule has 0 spiro atoms. The minimum atomic E-state index is -1.03. The smallest absolute Gasteiger partial charge is 0.258 e. The van der Waals surface area contributed by atoms with Crippen molar-refractivity contribution in [1.82, 2.24) is 14.3 Å². The molecule has 0 aromatic carbocycles. The van der Waals surface area contributed by atoms with Crippen LogP contribution in [-0.4, -0.2) is 49.3 Å². The summed E-state index contributed by atoms with van der Waals surface area (Å²) in [5, 5.41) is 19.9. The van der Waals surface area contributed by atoms with Crippen molar-refractivity contribution < 1.29 is 10.2 Å². The number of thiazole rings is 1. The van der Waals surface area contributed by atoms with E-state index in [1.54, 1.807) is 17.5 Å². The van der Waals surface area contributed by atoms with E-state index in [1.165, 1.54) is 17.4 Å². The minimum Gasteiger partial charge on any atom is -0.389 e. The predicted molar refractivity (Wildman–Crippen MR) is 80.6 cm³/mol. The predicted octanol–water partition coefficient (Wildman–Crippen LogP) is 0.382. The van der Waals surface area contributed by atoms with Crippen LogP contribution in [0.3, 0.4) is 0 Å². The van der Waals surface area contributed by atoms with Crippen LogP contribution in [0, 0.1) is 6.92 Å². The second kappa shape index (κ2) is 5.17. The third kappa shape index (κ3) is 2.87. The molecule has 0 aliphatic carbocycles. The van der Waals surface area contributed by atoms with E-state index in [4.69, 9.17) is 0 Å². The number of aliphatic hydroxyl groups excluding tert-OH is 1. The van der Waals surface area contributed by atoms with Gasteiger partial charge in [0.05, 0.1) is 17.4 Å². The first-order valence-electron chi connectivity index (χ1n) is 6.97. The molecule has 7 heteroatoms. The third-order valence-electron chi connectivity index (χ3n) is 4.00. The fourth-order valence-corrected chi connectivity index (χ4v) is 3.45. The van der Waals surface area contributed by atoms with E-state index in [0.29, 0.717) is 36.7 Å². The van der Waals surface area contributed by atoms with Crippen LogP contribution < -0.4 is 5.56 Å². The summed E-state index contributed by atoms with van der Waals surface area (Å²) in [5.74, 6) is 0. The molecule has 1 aliphatic heterocycles. The van der Waals surface area contributed by atoms with E-state index in [2.05, 4.69) is 4.98 Å². The molecule has 1 saturated heterocycles. The van der Waals surface area contributed by atoms with Gasteiger partial charge in [0.25, 0.3) is 5.56 Å². The van der Waals surface area contributed by atoms with Gasteiger partial charge in [-0.1, -0.05) is 0 Å². The van der Waals surface area contributed by atoms with Crippen molar-refractivity contribution in [3.63, 3.8) is 0 Å². The quantitative estimate of drug-likeness (QED) is 0.839. The zero-order chi connectivity index (χ0) is 15.2. The van der Waals surface area contributed by atoms with E-state index in [1.807, 2.05) is 11.8 Å². The molecule has 0 unspecified atom stereocenters. The maximum absolute atomic E-state index is 12.0. The fraction of sp³-hybridized carbons (Fsp3) is 0.571. The summed E-state index contributed by atoms with van der Waals surface area (Å²) in [7, 11) is 0. The molecule has 1 fully saturated rings. The lowest BCUT2D eigenvalue weighted by Gasteiger charge is -2.39. The van der Waals surface area contributed by atoms with E-state index in [9.17, 15) is 15.0 Å². The zero-order valence-electron chi connectivity index (χ0n) is 12.1. The number of nitrogens with zero attached hydrogens (tertiary/aromatic N) is 3. The van der Waals surface area contributed by atoms with Crippen molar-refractivity contribution in [3.05, 3.63) is 33.2 Å². The number of aromatic nitrogens is 2. The average molecular weight is 309 g/mol. The normalized spacial score (nSPS) is 27.3. The molecule has 6 nitrogen and oxygen atoms in total. The molecule has 0 radical (unpaired) electrons. The van der Waals surface area contributed by atoms with Crippen molar-refractivity contribution in [1.29, 1.82) is 0 Å². The summed E-state index contributed by atoms with van der Waals surface area (Å²) in [6, 6.07) is 1.54. The molecule has 21 heavy (non-hydrogen) atoms. The van der Waals surface area contributed by atoms with Gasteiger partial charge in [0.2, 0.25) is 0 Å². The Hall–Kier alpha value is -1.28. The molecule has 2 aromatic rings. The monoisotopic (exact) mass is 309 g/mol. The molecule has 2 atom stereocenters. The number of β-amino-alcohol motifs (C(OH)–C–C–N with tert-alkyl or cyclic N) is 1. The number of piperidine rings is 1. The Labute approximate surface area is 126 Å². The number of aryl methyl sites for hydroxylation is 1. The topological polar surface area (TPSA) is 78.1 Å². The maximum Gasteiger partial charge on any atom is 0.258 e. The maximum atomic E-state index is 12.0. The van der Waals surface area contributed by atoms with Crippen LogP contribution in [0.5, 0.6) is 0 Å². The summed E-state index contributed by atoms with van der Waals surface area (Å²) < 4.78 is 1.55. The van der Waals surface area contributed by atoms with Gasteiger partial charge in [-0.25, -0.2) is 4.98 Å². The van der Waals surface area contributed by atoms with Gasteiger partial charge in [0.15, 0.2) is 4.96 Å². The zero-order valence-corrected chi connectivity index (χ0v) is 12.9. The molecule has 3 rings (SSSR count). The number of rotatable bonds is 2. The van der Waals surface area contributed by atoms with E-state index >= 15 is 0 Å². The summed E-state index contributed by atoms with van der Waals surface area (Å²) >= 11 is 1.49. The van der Waals surface area contributed by atoms with Crippen LogP contribution in [0.15, 0.2) is 17.1 Å². The molecular formula is C14H19N3O3S. The Balaban J connectivity index is 1.81. The van der Waals surface area contributed by atoms with Gasteiger partial charge >= 0.3 is 0 Å². The Morgan fingerprint density at radius 3 is 3.05 bits per heavy atom. The molecular weight excluding hydrogens is 290 g/mol. The molecule has 3 heterocycles. The van der Waals surface area contributed by atoms with E-state index < -0.39 is 11.7 Å². The lowest BCUT2D eigenvalue weighted by Crippen LogP contribution is -2.53. The number of likely N-dealkylation sites (tertiary alicyclic amines) is 1. The van der Waals surface area contributed by atoms with Crippen molar-refractivity contribution in [3.8, 4) is 0 Å². The molecule has 1 aliphatic rings. The van der Waals surface area contributed by atoms with Crippen LogP contribution in [0.2, 0.25) is 0 Å². The van der Waals surface area contributed by atoms with Crippen molar-refractivity contribution in [2.24, 2.45) is 0 Å². The summed E-state index contributed by atoms with van der Waals surface area (Å²) in [6.07, 6.45) is 1.52. The van der Waals surface area contributed by atoms with Crippen LogP contribution in [-0.2, 0) is 6.54 Å². The SMILES string of the molecule is Cc1cn2c(=O)cc(CN3CC[C@@](C)(O)[C@@H](O)C3)nc2s1. The Kier molecular flexibility index (Phi) is 3.61. The average Bonchev–Trinajstić information content (AvgIpc) is 2.75. The lowest BCUT2D eigenvalue weighted by molar-refractivity contribution is -0.108. The first-order chi connectivity index (χ1) is 9.85. The van der Waals surface area contributed by atoms with Crippen LogP contribution in [0.1, 0.15) is 23.9 Å². The third-order valence-corrected chi connectivity index (χ3v) is 4.90. The van der Waals surface area contributed by atoms with E-state index in [0.717, 1.165) is 4.88 Å². The van der Waals surface area contributed by atoms with Crippen molar-refractivity contribution in [2.75, 3.05) is 13.1 Å². The highest BCUT2D eigenvalue weighted by atomic mass is 32.1. The Bertz CT molecular complexity index is 722. The largest absolute Gasteiger partial charge is 0.389 e. The fourth-order valence-electron chi connectivity index (χ4n) is 2.60. The number of hydrogen-bond acceptors (Lipinski definition) is 6. The van der Waals surface area contributed by atoms with Gasteiger partial charge in [-0.2, -0.15) is 0 Å². The van der Waals surface area contributed by atoms with Crippen LogP contribution in [0.4, 0.5) is 0 Å². The Morgan fingerprint density at radius 1 is 1.57 bits per heavy atom. The van der Waals surface area contributed by atoms with Crippen LogP contribution in [0.25, 0.3) is 4.96 Å². The molecule has 114 valence electrons. The highest BCUT2D eigenvalue weighted by Gasteiger charge is 2.36. The van der Waals surface area contributed by atoms with Gasteiger partial charge in [-0.05, 0) is 20.3 Å². The number of fused-ring (bicyclic) bond motifs is 1. The van der Waals surface area contributed by atoms with Crippen molar-refractivity contribution >= 4 is 16.3 Å². The van der Waals surface area contributed by atoms with Gasteiger partial charge < -0.3 is 10.2 Å². The van der Waals surface area contributed by atoms with Gasteiger partial charge in [-0.15, -0.1) is 11.3 Å². The lowest BCUT2D eigenvalue weighted by atomic mass is 9.91. The molecule has 0 amide bonds. The second-order valence-corrected chi connectivity index (χ2v) is 7.15. The molecule has 0 bridgehead atoms. The van der Waals surface area contributed by atoms with E-state index in [-0.39, 0.29) is 5.56 Å². The molecule has 2 aromatic heterocycles. The summed E-state index contributed by atoms with van der Waals surface area (Å²) in [5.41, 5.74) is -0.405. The number of aliphatic hydroxyl groups is 2. The van der Waals surface area contributed by atoms with Gasteiger partial charge in [-0.3, -0.25) is 14.1 Å². The van der Waals surface area contributed by atoms with Crippen molar-refractivity contribution in [2.45, 2.75) is 38.5 Å². The molecule has 0 saturated carbocycles. The second-order valence-electron chi connectivity index (χ2n) is 5.94. The first-order valence-corrected chi connectivity index (χ1v) is 7.78. The first kappa shape index (κ1) is 14.6. The van der Waals surface area contributed by atoms with Gasteiger partial charge in [0, 0.05) is 36.8 Å². The minimum absolute atomic E-state index is 0.0797. The highest BCUT2D eigenvalue weighted by molar-refractivity contribution is 7.16. The number of hydrogen-bond donors (Lipinski definition) is 2. The molecule has 2 N–H and O–H groups in total. The summed E-state index contributed by atoms with van der Waals surface area (Å²) in [4.78, 5) is 20.3. The highest BCUT2D eigenvalue weighted by Crippen LogP contribution is 2.23. The standard InChI is InChI=1S/C14H19N3O3S/c1-9-6-17-12(19)5-10(15-13(17)21-9)7-16-4-3-14(2,20)11(18)8-16/h5-6,11,18,20H,3-4,7-8H2,1-2H3/t11-,14+/m0/s1. The Morgan fingerprint density at radius 2 is 2.33 bits per heavy atom.